The molecule has 0 bridgehead atoms. The summed E-state index contributed by atoms with van der Waals surface area (Å²) in [6, 6.07) is 24.4. The predicted octanol–water partition coefficient (Wildman–Crippen LogP) is 5.34. The standard InChI is InChI=1S/C25H18BrNO3/c26-18-12-10-17(11-13-18)22-21-23(28)19-8-4-5-9-20(19)30-24(21)25(29)27(22)15-14-16-6-2-1-3-7-16/h1-13,22H,14-15H2. The van der Waals surface area contributed by atoms with Crippen LogP contribution in [-0.4, -0.2) is 17.4 Å². The Bertz CT molecular complexity index is 1300. The number of halogens is 1. The molecule has 5 heteroatoms. The fourth-order valence-electron chi connectivity index (χ4n) is 4.08. The number of carbonyl (C=O) groups excluding carboxylic acids is 1. The van der Waals surface area contributed by atoms with E-state index in [1.54, 1.807) is 23.1 Å². The van der Waals surface area contributed by atoms with Crippen LogP contribution in [0.2, 0.25) is 0 Å². The molecule has 30 heavy (non-hydrogen) atoms. The van der Waals surface area contributed by atoms with Crippen molar-refractivity contribution < 1.29 is 9.21 Å². The molecule has 1 aliphatic heterocycles. The van der Waals surface area contributed by atoms with E-state index >= 15 is 0 Å². The zero-order valence-electron chi connectivity index (χ0n) is 16.0. The Hall–Kier alpha value is -3.18. The van der Waals surface area contributed by atoms with Crippen LogP contribution < -0.4 is 5.43 Å². The molecule has 3 aromatic carbocycles. The van der Waals surface area contributed by atoms with E-state index in [1.165, 1.54) is 0 Å². The van der Waals surface area contributed by atoms with E-state index in [4.69, 9.17) is 4.42 Å². The van der Waals surface area contributed by atoms with Gasteiger partial charge in [-0.1, -0.05) is 70.5 Å². The monoisotopic (exact) mass is 459 g/mol. The molecule has 1 aromatic heterocycles. The predicted molar refractivity (Wildman–Crippen MR) is 120 cm³/mol. The molecule has 5 rings (SSSR count). The molecule has 148 valence electrons. The lowest BCUT2D eigenvalue weighted by molar-refractivity contribution is 0.0730. The lowest BCUT2D eigenvalue weighted by atomic mass is 9.98. The van der Waals surface area contributed by atoms with Crippen LogP contribution in [0.5, 0.6) is 0 Å². The Kier molecular flexibility index (Phi) is 4.75. The van der Waals surface area contributed by atoms with Gasteiger partial charge in [0.05, 0.1) is 17.0 Å². The number of nitrogens with zero attached hydrogens (tertiary/aromatic N) is 1. The van der Waals surface area contributed by atoms with E-state index in [0.717, 1.165) is 15.6 Å². The largest absolute Gasteiger partial charge is 0.450 e. The summed E-state index contributed by atoms with van der Waals surface area (Å²) in [5.41, 5.74) is 2.75. The minimum Gasteiger partial charge on any atom is -0.450 e. The van der Waals surface area contributed by atoms with Gasteiger partial charge in [0.2, 0.25) is 5.76 Å². The Labute approximate surface area is 181 Å². The highest BCUT2D eigenvalue weighted by molar-refractivity contribution is 9.10. The first-order valence-corrected chi connectivity index (χ1v) is 10.6. The Morgan fingerprint density at radius 3 is 2.33 bits per heavy atom. The lowest BCUT2D eigenvalue weighted by Gasteiger charge is -2.25. The maximum Gasteiger partial charge on any atom is 0.290 e. The van der Waals surface area contributed by atoms with Gasteiger partial charge in [0.25, 0.3) is 5.91 Å². The van der Waals surface area contributed by atoms with Gasteiger partial charge in [-0.3, -0.25) is 9.59 Å². The second kappa shape index (κ2) is 7.58. The average Bonchev–Trinajstić information content (AvgIpc) is 3.06. The van der Waals surface area contributed by atoms with Crippen molar-refractivity contribution in [1.82, 2.24) is 4.90 Å². The number of rotatable bonds is 4. The van der Waals surface area contributed by atoms with E-state index in [-0.39, 0.29) is 17.1 Å². The smallest absolute Gasteiger partial charge is 0.290 e. The van der Waals surface area contributed by atoms with Crippen molar-refractivity contribution in [1.29, 1.82) is 0 Å². The third kappa shape index (κ3) is 3.15. The van der Waals surface area contributed by atoms with Gasteiger partial charge in [-0.25, -0.2) is 0 Å². The summed E-state index contributed by atoms with van der Waals surface area (Å²) in [6.45, 7) is 0.490. The molecule has 0 radical (unpaired) electrons. The van der Waals surface area contributed by atoms with Crippen LogP contribution in [0.4, 0.5) is 0 Å². The van der Waals surface area contributed by atoms with Crippen LogP contribution >= 0.6 is 15.9 Å². The van der Waals surface area contributed by atoms with Crippen LogP contribution in [0.3, 0.4) is 0 Å². The molecular weight excluding hydrogens is 442 g/mol. The SMILES string of the molecule is O=C1c2oc3ccccc3c(=O)c2C(c2ccc(Br)cc2)N1CCc1ccccc1. The third-order valence-electron chi connectivity index (χ3n) is 5.54. The maximum absolute atomic E-state index is 13.4. The summed E-state index contributed by atoms with van der Waals surface area (Å²) in [6.07, 6.45) is 0.696. The van der Waals surface area contributed by atoms with Gasteiger partial charge >= 0.3 is 0 Å². The van der Waals surface area contributed by atoms with Crippen molar-refractivity contribution >= 4 is 32.8 Å². The molecule has 0 fully saturated rings. The number of hydrogen-bond donors (Lipinski definition) is 0. The molecule has 0 saturated carbocycles. The van der Waals surface area contributed by atoms with Crippen molar-refractivity contribution in [2.45, 2.75) is 12.5 Å². The number of hydrogen-bond acceptors (Lipinski definition) is 3. The summed E-state index contributed by atoms with van der Waals surface area (Å²) in [7, 11) is 0. The number of carbonyl (C=O) groups is 1. The number of amides is 1. The van der Waals surface area contributed by atoms with Gasteiger partial charge in [-0.05, 0) is 41.8 Å². The van der Waals surface area contributed by atoms with Crippen LogP contribution in [0.15, 0.2) is 92.5 Å². The first-order valence-electron chi connectivity index (χ1n) is 9.79. The number of fused-ring (bicyclic) bond motifs is 2. The van der Waals surface area contributed by atoms with Gasteiger partial charge in [0.1, 0.15) is 5.58 Å². The van der Waals surface area contributed by atoms with Crippen molar-refractivity contribution in [2.24, 2.45) is 0 Å². The fourth-order valence-corrected chi connectivity index (χ4v) is 4.35. The summed E-state index contributed by atoms with van der Waals surface area (Å²) in [5, 5.41) is 0.496. The molecule has 1 aliphatic rings. The highest BCUT2D eigenvalue weighted by Crippen LogP contribution is 2.38. The van der Waals surface area contributed by atoms with Crippen LogP contribution in [-0.2, 0) is 6.42 Å². The normalized spacial score (nSPS) is 15.6. The summed E-state index contributed by atoms with van der Waals surface area (Å²) < 4.78 is 6.90. The Morgan fingerprint density at radius 2 is 1.57 bits per heavy atom. The first kappa shape index (κ1) is 18.8. The first-order chi connectivity index (χ1) is 14.6. The molecule has 0 aliphatic carbocycles. The highest BCUT2D eigenvalue weighted by atomic mass is 79.9. The summed E-state index contributed by atoms with van der Waals surface area (Å²) in [4.78, 5) is 28.5. The number of benzene rings is 3. The second-order valence-corrected chi connectivity index (χ2v) is 8.27. The molecule has 1 amide bonds. The van der Waals surface area contributed by atoms with Gasteiger partial charge in [-0.2, -0.15) is 0 Å². The van der Waals surface area contributed by atoms with Gasteiger partial charge in [-0.15, -0.1) is 0 Å². The van der Waals surface area contributed by atoms with Crippen LogP contribution in [0, 0.1) is 0 Å². The average molecular weight is 460 g/mol. The van der Waals surface area contributed by atoms with Crippen molar-refractivity contribution in [3.8, 4) is 0 Å². The minimum absolute atomic E-state index is 0.143. The number of para-hydroxylation sites is 1. The van der Waals surface area contributed by atoms with E-state index < -0.39 is 6.04 Å². The summed E-state index contributed by atoms with van der Waals surface area (Å²) >= 11 is 3.46. The maximum atomic E-state index is 13.4. The molecule has 2 heterocycles. The van der Waals surface area contributed by atoms with Gasteiger partial charge in [0.15, 0.2) is 5.43 Å². The van der Waals surface area contributed by atoms with E-state index in [1.807, 2.05) is 60.7 Å². The van der Waals surface area contributed by atoms with Crippen molar-refractivity contribution in [3.05, 3.63) is 116 Å². The fraction of sp³-hybridized carbons (Fsp3) is 0.120. The summed E-state index contributed by atoms with van der Waals surface area (Å²) in [5.74, 6) is -0.0867. The van der Waals surface area contributed by atoms with Gasteiger partial charge in [0, 0.05) is 11.0 Å². The second-order valence-electron chi connectivity index (χ2n) is 7.36. The lowest BCUT2D eigenvalue weighted by Crippen LogP contribution is -2.31. The third-order valence-corrected chi connectivity index (χ3v) is 6.07. The zero-order valence-corrected chi connectivity index (χ0v) is 17.6. The van der Waals surface area contributed by atoms with Crippen molar-refractivity contribution in [2.75, 3.05) is 6.54 Å². The van der Waals surface area contributed by atoms with E-state index in [9.17, 15) is 9.59 Å². The van der Waals surface area contributed by atoms with Crippen LogP contribution in [0.25, 0.3) is 11.0 Å². The Morgan fingerprint density at radius 1 is 0.867 bits per heavy atom. The molecule has 1 atom stereocenters. The molecule has 0 spiro atoms. The minimum atomic E-state index is -0.467. The highest BCUT2D eigenvalue weighted by Gasteiger charge is 2.42. The molecule has 4 nitrogen and oxygen atoms in total. The Balaban J connectivity index is 1.64. The van der Waals surface area contributed by atoms with E-state index in [0.29, 0.717) is 29.5 Å². The zero-order chi connectivity index (χ0) is 20.7. The van der Waals surface area contributed by atoms with E-state index in [2.05, 4.69) is 15.9 Å². The van der Waals surface area contributed by atoms with Crippen molar-refractivity contribution in [3.63, 3.8) is 0 Å². The molecule has 4 aromatic rings. The van der Waals surface area contributed by atoms with Crippen LogP contribution in [0.1, 0.15) is 33.3 Å². The quantitative estimate of drug-likeness (QED) is 0.413. The molecule has 0 saturated heterocycles. The molecule has 1 unspecified atom stereocenters. The molecular formula is C25H18BrNO3. The topological polar surface area (TPSA) is 50.5 Å². The molecule has 0 N–H and O–H groups in total. The van der Waals surface area contributed by atoms with Gasteiger partial charge < -0.3 is 9.32 Å².